The van der Waals surface area contributed by atoms with Crippen LogP contribution in [0.1, 0.15) is 25.0 Å². The van der Waals surface area contributed by atoms with Crippen molar-refractivity contribution in [2.24, 2.45) is 0 Å². The molecule has 1 aliphatic carbocycles. The Labute approximate surface area is 172 Å². The second kappa shape index (κ2) is 5.46. The van der Waals surface area contributed by atoms with Crippen molar-refractivity contribution in [2.45, 2.75) is 19.3 Å². The van der Waals surface area contributed by atoms with Crippen molar-refractivity contribution in [2.75, 3.05) is 0 Å². The van der Waals surface area contributed by atoms with E-state index in [4.69, 9.17) is 0 Å². The third-order valence-electron chi connectivity index (χ3n) is 6.48. The van der Waals surface area contributed by atoms with Crippen LogP contribution in [-0.4, -0.2) is 0 Å². The van der Waals surface area contributed by atoms with Crippen LogP contribution in [0.5, 0.6) is 0 Å². The number of hydrogen-bond donors (Lipinski definition) is 0. The molecule has 0 N–H and O–H groups in total. The Morgan fingerprint density at radius 1 is 0.643 bits per heavy atom. The second-order valence-electron chi connectivity index (χ2n) is 8.36. The van der Waals surface area contributed by atoms with Gasteiger partial charge in [0.2, 0.25) is 0 Å². The minimum Gasteiger partial charge on any atom is -0.0613 e. The summed E-state index contributed by atoms with van der Waals surface area (Å²) in [6.07, 6.45) is 0. The normalized spacial score (nSPS) is 14.5. The molecule has 134 valence electrons. The fraction of sp³-hybridized carbons (Fsp3) is 0.111. The summed E-state index contributed by atoms with van der Waals surface area (Å²) in [5.74, 6) is 0. The lowest BCUT2D eigenvalue weighted by Gasteiger charge is -2.23. The standard InChI is InChI=1S/C27H19Br/c1-27(2)22-10-3-6-16-12-13-17-14-18(15-23(27)26(17)25(16)22)19-7-4-9-21-20(19)8-5-11-24(21)28/h3-15H,1-2H3. The van der Waals surface area contributed by atoms with Crippen molar-refractivity contribution in [1.29, 1.82) is 0 Å². The molecule has 28 heavy (non-hydrogen) atoms. The highest BCUT2D eigenvalue weighted by atomic mass is 79.9. The first-order valence-electron chi connectivity index (χ1n) is 9.74. The molecule has 5 aromatic rings. The maximum atomic E-state index is 3.72. The molecule has 0 bridgehead atoms. The summed E-state index contributed by atoms with van der Waals surface area (Å²) in [6.45, 7) is 4.72. The SMILES string of the molecule is CC1(C)c2cccc3ccc4cc(-c5cccc6c(Br)cccc56)cc1c4c23. The summed E-state index contributed by atoms with van der Waals surface area (Å²) in [5, 5.41) is 8.10. The van der Waals surface area contributed by atoms with Gasteiger partial charge in [-0.3, -0.25) is 0 Å². The Balaban J connectivity index is 1.74. The summed E-state index contributed by atoms with van der Waals surface area (Å²) in [5.41, 5.74) is 5.50. The topological polar surface area (TPSA) is 0 Å². The maximum Gasteiger partial charge on any atom is 0.0253 e. The van der Waals surface area contributed by atoms with Gasteiger partial charge in [-0.1, -0.05) is 90.4 Å². The summed E-state index contributed by atoms with van der Waals surface area (Å²) in [6, 6.07) is 29.1. The van der Waals surface area contributed by atoms with Gasteiger partial charge >= 0.3 is 0 Å². The average molecular weight is 423 g/mol. The van der Waals surface area contributed by atoms with Gasteiger partial charge in [0.25, 0.3) is 0 Å². The highest BCUT2D eigenvalue weighted by Crippen LogP contribution is 2.50. The molecule has 0 aromatic heterocycles. The molecule has 0 heterocycles. The van der Waals surface area contributed by atoms with E-state index in [0.717, 1.165) is 4.47 Å². The Kier molecular flexibility index (Phi) is 3.18. The van der Waals surface area contributed by atoms with Crippen LogP contribution in [-0.2, 0) is 5.41 Å². The van der Waals surface area contributed by atoms with E-state index in [-0.39, 0.29) is 5.41 Å². The molecule has 0 nitrogen and oxygen atoms in total. The molecule has 0 spiro atoms. The van der Waals surface area contributed by atoms with E-state index in [9.17, 15) is 0 Å². The average Bonchev–Trinajstić information content (AvgIpc) is 2.95. The van der Waals surface area contributed by atoms with Crippen molar-refractivity contribution >= 4 is 48.2 Å². The van der Waals surface area contributed by atoms with Crippen molar-refractivity contribution < 1.29 is 0 Å². The zero-order chi connectivity index (χ0) is 19.0. The van der Waals surface area contributed by atoms with Crippen LogP contribution in [0.4, 0.5) is 0 Å². The van der Waals surface area contributed by atoms with E-state index in [2.05, 4.69) is 109 Å². The Bertz CT molecular complexity index is 1440. The van der Waals surface area contributed by atoms with Crippen molar-refractivity contribution in [3.63, 3.8) is 0 Å². The molecule has 0 saturated carbocycles. The summed E-state index contributed by atoms with van der Waals surface area (Å²) in [4.78, 5) is 0. The van der Waals surface area contributed by atoms with Gasteiger partial charge in [0.15, 0.2) is 0 Å². The van der Waals surface area contributed by atoms with Crippen molar-refractivity contribution in [3.05, 3.63) is 94.5 Å². The van der Waals surface area contributed by atoms with Crippen LogP contribution in [0.15, 0.2) is 83.3 Å². The van der Waals surface area contributed by atoms with Crippen molar-refractivity contribution in [3.8, 4) is 11.1 Å². The van der Waals surface area contributed by atoms with E-state index < -0.39 is 0 Å². The van der Waals surface area contributed by atoms with Crippen LogP contribution in [0, 0.1) is 0 Å². The van der Waals surface area contributed by atoms with E-state index in [0.29, 0.717) is 0 Å². The number of halogens is 1. The monoisotopic (exact) mass is 422 g/mol. The minimum atomic E-state index is 0.0165. The summed E-state index contributed by atoms with van der Waals surface area (Å²) in [7, 11) is 0. The number of benzene rings is 5. The smallest absolute Gasteiger partial charge is 0.0253 e. The number of fused-ring (bicyclic) bond motifs is 1. The van der Waals surface area contributed by atoms with Crippen LogP contribution < -0.4 is 0 Å². The van der Waals surface area contributed by atoms with Gasteiger partial charge in [-0.15, -0.1) is 0 Å². The predicted molar refractivity (Wildman–Crippen MR) is 124 cm³/mol. The molecule has 0 aliphatic heterocycles. The lowest BCUT2D eigenvalue weighted by atomic mass is 9.80. The zero-order valence-corrected chi connectivity index (χ0v) is 17.5. The van der Waals surface area contributed by atoms with E-state index in [1.54, 1.807) is 0 Å². The molecular weight excluding hydrogens is 404 g/mol. The largest absolute Gasteiger partial charge is 0.0613 e. The molecule has 0 radical (unpaired) electrons. The lowest BCUT2D eigenvalue weighted by molar-refractivity contribution is 0.663. The third kappa shape index (κ3) is 2.00. The molecule has 6 rings (SSSR count). The summed E-state index contributed by atoms with van der Waals surface area (Å²) < 4.78 is 1.15. The fourth-order valence-electron chi connectivity index (χ4n) is 5.08. The van der Waals surface area contributed by atoms with E-state index in [1.165, 1.54) is 54.6 Å². The molecule has 1 aliphatic rings. The van der Waals surface area contributed by atoms with Gasteiger partial charge in [0.05, 0.1) is 0 Å². The molecule has 5 aromatic carbocycles. The molecule has 0 amide bonds. The van der Waals surface area contributed by atoms with Crippen LogP contribution in [0.2, 0.25) is 0 Å². The van der Waals surface area contributed by atoms with Gasteiger partial charge in [-0.25, -0.2) is 0 Å². The first-order valence-corrected chi connectivity index (χ1v) is 10.5. The number of hydrogen-bond acceptors (Lipinski definition) is 0. The number of rotatable bonds is 1. The second-order valence-corrected chi connectivity index (χ2v) is 9.21. The van der Waals surface area contributed by atoms with Crippen LogP contribution in [0.3, 0.4) is 0 Å². The van der Waals surface area contributed by atoms with Crippen LogP contribution >= 0.6 is 15.9 Å². The third-order valence-corrected chi connectivity index (χ3v) is 7.18. The quantitative estimate of drug-likeness (QED) is 0.238. The highest BCUT2D eigenvalue weighted by Gasteiger charge is 2.34. The van der Waals surface area contributed by atoms with Gasteiger partial charge < -0.3 is 0 Å². The lowest BCUT2D eigenvalue weighted by Crippen LogP contribution is -2.15. The van der Waals surface area contributed by atoms with Gasteiger partial charge in [-0.05, 0) is 72.8 Å². The molecule has 1 heteroatoms. The first-order chi connectivity index (χ1) is 13.6. The van der Waals surface area contributed by atoms with Crippen LogP contribution in [0.25, 0.3) is 43.4 Å². The molecular formula is C27H19Br. The molecule has 0 atom stereocenters. The molecule has 0 saturated heterocycles. The Morgan fingerprint density at radius 3 is 2.25 bits per heavy atom. The predicted octanol–water partition coefficient (Wildman–Crippen LogP) is 8.22. The minimum absolute atomic E-state index is 0.0165. The maximum absolute atomic E-state index is 3.72. The van der Waals surface area contributed by atoms with Gasteiger partial charge in [0, 0.05) is 9.89 Å². The van der Waals surface area contributed by atoms with Gasteiger partial charge in [0.1, 0.15) is 0 Å². The van der Waals surface area contributed by atoms with Crippen molar-refractivity contribution in [1.82, 2.24) is 0 Å². The zero-order valence-electron chi connectivity index (χ0n) is 15.9. The summed E-state index contributed by atoms with van der Waals surface area (Å²) >= 11 is 3.72. The fourth-order valence-corrected chi connectivity index (χ4v) is 5.58. The first kappa shape index (κ1) is 16.3. The van der Waals surface area contributed by atoms with E-state index >= 15 is 0 Å². The Hall–Kier alpha value is -2.64. The Morgan fingerprint density at radius 2 is 1.36 bits per heavy atom. The van der Waals surface area contributed by atoms with E-state index in [1.807, 2.05) is 0 Å². The van der Waals surface area contributed by atoms with Gasteiger partial charge in [-0.2, -0.15) is 0 Å². The highest BCUT2D eigenvalue weighted by molar-refractivity contribution is 9.10. The molecule has 0 unspecified atom stereocenters. The molecule has 0 fully saturated rings.